The lowest BCUT2D eigenvalue weighted by Gasteiger charge is -2.45. The Balaban J connectivity index is 1.63. The van der Waals surface area contributed by atoms with E-state index < -0.39 is 5.60 Å². The lowest BCUT2D eigenvalue weighted by Crippen LogP contribution is -2.43. The minimum Gasteiger partial charge on any atom is -0.444 e. The molecule has 1 aliphatic carbocycles. The van der Waals surface area contributed by atoms with Gasteiger partial charge in [0.05, 0.1) is 6.04 Å². The van der Waals surface area contributed by atoms with Crippen molar-refractivity contribution < 1.29 is 9.53 Å². The van der Waals surface area contributed by atoms with E-state index in [9.17, 15) is 4.79 Å². The minimum atomic E-state index is -0.474. The number of halogens is 1. The Morgan fingerprint density at radius 2 is 2.17 bits per heavy atom. The van der Waals surface area contributed by atoms with Crippen LogP contribution in [0.2, 0.25) is 0 Å². The van der Waals surface area contributed by atoms with E-state index in [0.29, 0.717) is 22.5 Å². The molecule has 7 nitrogen and oxygen atoms in total. The van der Waals surface area contributed by atoms with E-state index >= 15 is 0 Å². The first kappa shape index (κ1) is 17.1. The summed E-state index contributed by atoms with van der Waals surface area (Å²) in [5, 5.41) is 13.4. The predicted molar refractivity (Wildman–Crippen MR) is 92.2 cm³/mol. The van der Waals surface area contributed by atoms with Gasteiger partial charge in [-0.05, 0) is 61.4 Å². The number of carbonyl (C=O) groups is 1. The normalized spacial score (nSPS) is 26.3. The molecule has 0 radical (unpaired) electrons. The Labute approximate surface area is 149 Å². The molecule has 2 heterocycles. The van der Waals surface area contributed by atoms with Gasteiger partial charge in [-0.2, -0.15) is 10.4 Å². The molecule has 2 aliphatic rings. The largest absolute Gasteiger partial charge is 0.444 e. The van der Waals surface area contributed by atoms with Gasteiger partial charge in [-0.15, -0.1) is 0 Å². The smallest absolute Gasteiger partial charge is 0.410 e. The molecule has 0 unspecified atom stereocenters. The first-order valence-electron chi connectivity index (χ1n) is 8.06. The fraction of sp³-hybridized carbons (Fsp3) is 0.688. The van der Waals surface area contributed by atoms with Gasteiger partial charge in [-0.1, -0.05) is 0 Å². The van der Waals surface area contributed by atoms with E-state index in [1.165, 1.54) is 0 Å². The van der Waals surface area contributed by atoms with Gasteiger partial charge in [-0.25, -0.2) is 9.48 Å². The molecule has 130 valence electrons. The third-order valence-corrected chi connectivity index (χ3v) is 5.34. The molecule has 2 N–H and O–H groups in total. The maximum Gasteiger partial charge on any atom is 0.410 e. The number of ether oxygens (including phenoxy) is 1. The number of nitrogens with zero attached hydrogens (tertiary/aromatic N) is 4. The van der Waals surface area contributed by atoms with E-state index in [-0.39, 0.29) is 17.6 Å². The molecule has 1 saturated carbocycles. The number of hydrogen-bond donors (Lipinski definition) is 1. The lowest BCUT2D eigenvalue weighted by atomic mass is 9.65. The quantitative estimate of drug-likeness (QED) is 0.787. The number of aromatic nitrogens is 2. The van der Waals surface area contributed by atoms with Gasteiger partial charge in [0.25, 0.3) is 0 Å². The van der Waals surface area contributed by atoms with E-state index in [2.05, 4.69) is 27.1 Å². The molecule has 1 saturated heterocycles. The zero-order valence-electron chi connectivity index (χ0n) is 14.2. The van der Waals surface area contributed by atoms with Crippen molar-refractivity contribution in [1.29, 1.82) is 5.26 Å². The number of carbonyl (C=O) groups excluding carboxylic acids is 1. The minimum absolute atomic E-state index is 0.124. The Morgan fingerprint density at radius 1 is 1.50 bits per heavy atom. The van der Waals surface area contributed by atoms with Gasteiger partial charge in [0.2, 0.25) is 0 Å². The van der Waals surface area contributed by atoms with E-state index in [1.807, 2.05) is 20.8 Å². The number of rotatable bonds is 1. The molecule has 1 aliphatic heterocycles. The van der Waals surface area contributed by atoms with Gasteiger partial charge < -0.3 is 15.4 Å². The van der Waals surface area contributed by atoms with Gasteiger partial charge in [0, 0.05) is 13.1 Å². The summed E-state index contributed by atoms with van der Waals surface area (Å²) in [6.07, 6.45) is 2.55. The number of hydrogen-bond acceptors (Lipinski definition) is 5. The first-order valence-corrected chi connectivity index (χ1v) is 8.85. The van der Waals surface area contributed by atoms with Crippen molar-refractivity contribution >= 4 is 27.8 Å². The average molecular weight is 396 g/mol. The highest BCUT2D eigenvalue weighted by Gasteiger charge is 2.51. The van der Waals surface area contributed by atoms with Crippen LogP contribution < -0.4 is 5.73 Å². The molecular formula is C16H22BrN5O2. The summed E-state index contributed by atoms with van der Waals surface area (Å²) in [5.41, 5.74) is 6.06. The fourth-order valence-electron chi connectivity index (χ4n) is 3.66. The van der Waals surface area contributed by atoms with Crippen LogP contribution in [0.25, 0.3) is 0 Å². The number of likely N-dealkylation sites (tertiary alicyclic amines) is 1. The highest BCUT2D eigenvalue weighted by atomic mass is 79.9. The number of nitrogen functional groups attached to an aromatic ring is 1. The highest BCUT2D eigenvalue weighted by molar-refractivity contribution is 9.10. The maximum atomic E-state index is 12.2. The monoisotopic (exact) mass is 395 g/mol. The third-order valence-electron chi connectivity index (χ3n) is 4.79. The summed E-state index contributed by atoms with van der Waals surface area (Å²) in [6, 6.07) is 2.25. The molecule has 1 aromatic rings. The van der Waals surface area contributed by atoms with Crippen molar-refractivity contribution in [2.24, 2.45) is 5.41 Å². The highest BCUT2D eigenvalue weighted by Crippen LogP contribution is 2.54. The molecule has 0 aromatic carbocycles. The fourth-order valence-corrected chi connectivity index (χ4v) is 4.13. The zero-order valence-corrected chi connectivity index (χ0v) is 15.8. The Bertz CT molecular complexity index is 709. The van der Waals surface area contributed by atoms with Crippen LogP contribution in [0.4, 0.5) is 10.6 Å². The van der Waals surface area contributed by atoms with E-state index in [0.717, 1.165) is 25.8 Å². The standard InChI is InChI=1S/C16H22BrN5O2/c1-15(2,3)24-14(23)21-5-4-16(9-21)6-10(7-16)22-13(19)11(8-18)12(17)20-22/h10H,4-7,9,19H2,1-3H3/t10-,16-. The zero-order chi connectivity index (χ0) is 17.7. The first-order chi connectivity index (χ1) is 11.1. The number of anilines is 1. The van der Waals surface area contributed by atoms with Crippen LogP contribution in [0.15, 0.2) is 4.60 Å². The van der Waals surface area contributed by atoms with Crippen LogP contribution in [0.1, 0.15) is 51.6 Å². The maximum absolute atomic E-state index is 12.2. The Kier molecular flexibility index (Phi) is 4.03. The molecule has 0 bridgehead atoms. The molecule has 1 amide bonds. The van der Waals surface area contributed by atoms with Crippen molar-refractivity contribution in [3.8, 4) is 6.07 Å². The van der Waals surface area contributed by atoms with E-state index in [1.54, 1.807) is 9.58 Å². The SMILES string of the molecule is CC(C)(C)OC(=O)N1CC[C@]2(C1)C[C@H](n1nc(Br)c(C#N)c1N)C2. The molecule has 8 heteroatoms. The number of nitriles is 1. The van der Waals surface area contributed by atoms with Crippen LogP contribution in [0.5, 0.6) is 0 Å². The summed E-state index contributed by atoms with van der Waals surface area (Å²) in [6.45, 7) is 7.07. The van der Waals surface area contributed by atoms with Crippen LogP contribution in [-0.4, -0.2) is 39.5 Å². The van der Waals surface area contributed by atoms with Crippen LogP contribution in [-0.2, 0) is 4.74 Å². The van der Waals surface area contributed by atoms with Crippen LogP contribution in [0, 0.1) is 16.7 Å². The van der Waals surface area contributed by atoms with Crippen molar-refractivity contribution in [2.75, 3.05) is 18.8 Å². The predicted octanol–water partition coefficient (Wildman–Crippen LogP) is 3.06. The molecule has 2 fully saturated rings. The number of nitrogens with two attached hydrogens (primary N) is 1. The van der Waals surface area contributed by atoms with Gasteiger partial charge in [-0.3, -0.25) is 0 Å². The third kappa shape index (κ3) is 2.97. The molecule has 24 heavy (non-hydrogen) atoms. The average Bonchev–Trinajstić information content (AvgIpc) is 2.97. The summed E-state index contributed by atoms with van der Waals surface area (Å²) in [5.74, 6) is 0.409. The van der Waals surface area contributed by atoms with Crippen molar-refractivity contribution in [2.45, 2.75) is 51.7 Å². The summed E-state index contributed by atoms with van der Waals surface area (Å²) >= 11 is 3.28. The summed E-state index contributed by atoms with van der Waals surface area (Å²) in [7, 11) is 0. The topological polar surface area (TPSA) is 97.2 Å². The van der Waals surface area contributed by atoms with Crippen molar-refractivity contribution in [3.05, 3.63) is 10.2 Å². The van der Waals surface area contributed by atoms with Crippen LogP contribution >= 0.6 is 15.9 Å². The van der Waals surface area contributed by atoms with Crippen molar-refractivity contribution in [1.82, 2.24) is 14.7 Å². The Morgan fingerprint density at radius 3 is 2.71 bits per heavy atom. The van der Waals surface area contributed by atoms with Gasteiger partial charge in [0.1, 0.15) is 27.7 Å². The second-order valence-electron chi connectivity index (χ2n) is 7.82. The summed E-state index contributed by atoms with van der Waals surface area (Å²) in [4.78, 5) is 14.0. The van der Waals surface area contributed by atoms with Crippen molar-refractivity contribution in [3.63, 3.8) is 0 Å². The molecule has 3 rings (SSSR count). The van der Waals surface area contributed by atoms with Gasteiger partial charge >= 0.3 is 6.09 Å². The Hall–Kier alpha value is -1.75. The second-order valence-corrected chi connectivity index (χ2v) is 8.57. The molecule has 1 spiro atoms. The second kappa shape index (κ2) is 5.66. The number of amides is 1. The molecule has 0 atom stereocenters. The van der Waals surface area contributed by atoms with Crippen LogP contribution in [0.3, 0.4) is 0 Å². The summed E-state index contributed by atoms with van der Waals surface area (Å²) < 4.78 is 7.69. The molecular weight excluding hydrogens is 374 g/mol. The lowest BCUT2D eigenvalue weighted by molar-refractivity contribution is 0.0187. The van der Waals surface area contributed by atoms with E-state index in [4.69, 9.17) is 15.7 Å². The van der Waals surface area contributed by atoms with Gasteiger partial charge in [0.15, 0.2) is 0 Å². The molecule has 1 aromatic heterocycles.